The second-order valence-electron chi connectivity index (χ2n) is 5.85. The molecule has 3 aromatic rings. The van der Waals surface area contributed by atoms with E-state index < -0.39 is 21.5 Å². The minimum absolute atomic E-state index is 0.260. The van der Waals surface area contributed by atoms with Crippen LogP contribution in [0.4, 0.5) is 0 Å². The van der Waals surface area contributed by atoms with Gasteiger partial charge in [0, 0.05) is 5.38 Å². The number of hydrogen-bond acceptors (Lipinski definition) is 6. The second-order valence-corrected chi connectivity index (χ2v) is 8.78. The SMILES string of the molecule is CC(NC(=O)CS(=O)(=O)Cc1csc(-c2ccco2)n1)c1ccccc1. The minimum Gasteiger partial charge on any atom is -0.462 e. The molecule has 136 valence electrons. The zero-order valence-corrected chi connectivity index (χ0v) is 15.7. The fraction of sp³-hybridized carbons (Fsp3) is 0.222. The fourth-order valence-corrected chi connectivity index (χ4v) is 4.55. The molecule has 1 atom stereocenters. The van der Waals surface area contributed by atoms with Crippen LogP contribution < -0.4 is 5.32 Å². The molecule has 1 N–H and O–H groups in total. The Bertz CT molecular complexity index is 964. The van der Waals surface area contributed by atoms with Crippen molar-refractivity contribution in [3.8, 4) is 10.8 Å². The lowest BCUT2D eigenvalue weighted by atomic mass is 10.1. The van der Waals surface area contributed by atoms with Gasteiger partial charge in [-0.15, -0.1) is 11.3 Å². The van der Waals surface area contributed by atoms with Crippen LogP contribution in [0, 0.1) is 0 Å². The lowest BCUT2D eigenvalue weighted by molar-refractivity contribution is -0.119. The number of nitrogens with zero attached hydrogens (tertiary/aromatic N) is 1. The molecule has 2 heterocycles. The van der Waals surface area contributed by atoms with Gasteiger partial charge < -0.3 is 9.73 Å². The van der Waals surface area contributed by atoms with Crippen LogP contribution in [-0.2, 0) is 20.4 Å². The summed E-state index contributed by atoms with van der Waals surface area (Å²) in [7, 11) is -3.62. The van der Waals surface area contributed by atoms with Crippen molar-refractivity contribution in [3.63, 3.8) is 0 Å². The van der Waals surface area contributed by atoms with E-state index in [1.807, 2.05) is 37.3 Å². The summed E-state index contributed by atoms with van der Waals surface area (Å²) in [6, 6.07) is 12.6. The normalized spacial score (nSPS) is 12.7. The van der Waals surface area contributed by atoms with Crippen LogP contribution in [0.25, 0.3) is 10.8 Å². The van der Waals surface area contributed by atoms with Crippen LogP contribution in [0.2, 0.25) is 0 Å². The van der Waals surface area contributed by atoms with Crippen LogP contribution in [0.1, 0.15) is 24.2 Å². The van der Waals surface area contributed by atoms with E-state index in [9.17, 15) is 13.2 Å². The molecule has 1 unspecified atom stereocenters. The van der Waals surface area contributed by atoms with E-state index in [-0.39, 0.29) is 11.8 Å². The molecule has 26 heavy (non-hydrogen) atoms. The average Bonchev–Trinajstić information content (AvgIpc) is 3.25. The van der Waals surface area contributed by atoms with Crippen molar-refractivity contribution in [1.82, 2.24) is 10.3 Å². The standard InChI is InChI=1S/C18H18N2O4S2/c1-13(14-6-3-2-4-7-14)19-17(21)12-26(22,23)11-15-10-25-18(20-15)16-8-5-9-24-16/h2-10,13H,11-12H2,1H3,(H,19,21). The zero-order valence-electron chi connectivity index (χ0n) is 14.1. The highest BCUT2D eigenvalue weighted by atomic mass is 32.2. The van der Waals surface area contributed by atoms with Gasteiger partial charge in [-0.1, -0.05) is 30.3 Å². The fourth-order valence-electron chi connectivity index (χ4n) is 2.47. The van der Waals surface area contributed by atoms with Crippen molar-refractivity contribution in [2.45, 2.75) is 18.7 Å². The van der Waals surface area contributed by atoms with E-state index in [0.29, 0.717) is 16.5 Å². The van der Waals surface area contributed by atoms with Crippen molar-refractivity contribution in [2.75, 3.05) is 5.75 Å². The first-order valence-corrected chi connectivity index (χ1v) is 10.7. The summed E-state index contributed by atoms with van der Waals surface area (Å²) >= 11 is 1.30. The Morgan fingerprint density at radius 1 is 1.23 bits per heavy atom. The Morgan fingerprint density at radius 3 is 2.69 bits per heavy atom. The molecule has 0 saturated heterocycles. The predicted octanol–water partition coefficient (Wildman–Crippen LogP) is 3.20. The molecule has 0 aliphatic carbocycles. The topological polar surface area (TPSA) is 89.3 Å². The maximum absolute atomic E-state index is 12.3. The number of hydrogen-bond donors (Lipinski definition) is 1. The number of nitrogens with one attached hydrogen (secondary N) is 1. The Balaban J connectivity index is 1.59. The Labute approximate surface area is 155 Å². The Morgan fingerprint density at radius 2 is 2.00 bits per heavy atom. The van der Waals surface area contributed by atoms with Crippen LogP contribution in [0.3, 0.4) is 0 Å². The smallest absolute Gasteiger partial charge is 0.235 e. The number of carbonyl (C=O) groups is 1. The monoisotopic (exact) mass is 390 g/mol. The lowest BCUT2D eigenvalue weighted by Gasteiger charge is -2.14. The Hall–Kier alpha value is -2.45. The first-order chi connectivity index (χ1) is 12.4. The van der Waals surface area contributed by atoms with Gasteiger partial charge in [-0.3, -0.25) is 4.79 Å². The second kappa shape index (κ2) is 7.84. The summed E-state index contributed by atoms with van der Waals surface area (Å²) in [6.07, 6.45) is 1.53. The Kier molecular flexibility index (Phi) is 5.53. The van der Waals surface area contributed by atoms with E-state index in [1.165, 1.54) is 17.6 Å². The highest BCUT2D eigenvalue weighted by molar-refractivity contribution is 7.91. The third-order valence-corrected chi connectivity index (χ3v) is 6.02. The summed E-state index contributed by atoms with van der Waals surface area (Å²) in [4.78, 5) is 16.4. The van der Waals surface area contributed by atoms with Gasteiger partial charge in [0.15, 0.2) is 20.6 Å². The number of aromatic nitrogens is 1. The van der Waals surface area contributed by atoms with Gasteiger partial charge in [-0.2, -0.15) is 0 Å². The number of amides is 1. The van der Waals surface area contributed by atoms with Crippen molar-refractivity contribution < 1.29 is 17.6 Å². The molecule has 0 aliphatic heterocycles. The number of benzene rings is 1. The van der Waals surface area contributed by atoms with E-state index in [0.717, 1.165) is 5.56 Å². The first-order valence-electron chi connectivity index (χ1n) is 7.96. The summed E-state index contributed by atoms with van der Waals surface area (Å²) in [5.41, 5.74) is 1.33. The molecule has 0 aliphatic rings. The third-order valence-electron chi connectivity index (χ3n) is 3.68. The van der Waals surface area contributed by atoms with Crippen molar-refractivity contribution in [3.05, 3.63) is 65.4 Å². The molecule has 6 nitrogen and oxygen atoms in total. The highest BCUT2D eigenvalue weighted by Crippen LogP contribution is 2.24. The molecule has 0 bridgehead atoms. The number of furan rings is 1. The third kappa shape index (κ3) is 4.80. The molecule has 8 heteroatoms. The largest absolute Gasteiger partial charge is 0.462 e. The number of rotatable bonds is 7. The maximum Gasteiger partial charge on any atom is 0.235 e. The number of sulfone groups is 1. The van der Waals surface area contributed by atoms with E-state index in [2.05, 4.69) is 10.3 Å². The van der Waals surface area contributed by atoms with Gasteiger partial charge in [0.2, 0.25) is 5.91 Å². The minimum atomic E-state index is -3.62. The van der Waals surface area contributed by atoms with Gasteiger partial charge in [0.1, 0.15) is 5.75 Å². The van der Waals surface area contributed by atoms with Crippen LogP contribution in [0.15, 0.2) is 58.5 Å². The number of carbonyl (C=O) groups excluding carboxylic acids is 1. The molecule has 0 saturated carbocycles. The first kappa shape index (κ1) is 18.3. The highest BCUT2D eigenvalue weighted by Gasteiger charge is 2.21. The maximum atomic E-state index is 12.3. The molecule has 0 fully saturated rings. The van der Waals surface area contributed by atoms with E-state index in [4.69, 9.17) is 4.42 Å². The van der Waals surface area contributed by atoms with Crippen molar-refractivity contribution in [2.24, 2.45) is 0 Å². The summed E-state index contributed by atoms with van der Waals surface area (Å²) < 4.78 is 29.9. The molecule has 3 rings (SSSR count). The van der Waals surface area contributed by atoms with Crippen LogP contribution >= 0.6 is 11.3 Å². The molecule has 1 amide bonds. The predicted molar refractivity (Wildman–Crippen MR) is 100 cm³/mol. The number of thiazole rings is 1. The van der Waals surface area contributed by atoms with Crippen LogP contribution in [-0.4, -0.2) is 25.1 Å². The molecule has 0 radical (unpaired) electrons. The van der Waals surface area contributed by atoms with Crippen LogP contribution in [0.5, 0.6) is 0 Å². The van der Waals surface area contributed by atoms with Gasteiger partial charge in [-0.25, -0.2) is 13.4 Å². The van der Waals surface area contributed by atoms with E-state index in [1.54, 1.807) is 17.5 Å². The summed E-state index contributed by atoms with van der Waals surface area (Å²) in [5.74, 6) is -0.786. The van der Waals surface area contributed by atoms with Gasteiger partial charge in [0.05, 0.1) is 23.8 Å². The average molecular weight is 390 g/mol. The molecule has 2 aromatic heterocycles. The lowest BCUT2D eigenvalue weighted by Crippen LogP contribution is -2.32. The van der Waals surface area contributed by atoms with Crippen molar-refractivity contribution >= 4 is 27.1 Å². The summed E-state index contributed by atoms with van der Waals surface area (Å²) in [5, 5.41) is 4.99. The molecular weight excluding hydrogens is 372 g/mol. The van der Waals surface area contributed by atoms with Gasteiger partial charge >= 0.3 is 0 Å². The zero-order chi connectivity index (χ0) is 18.6. The van der Waals surface area contributed by atoms with Gasteiger partial charge in [0.25, 0.3) is 0 Å². The van der Waals surface area contributed by atoms with Gasteiger partial charge in [-0.05, 0) is 24.6 Å². The van der Waals surface area contributed by atoms with Crippen molar-refractivity contribution in [1.29, 1.82) is 0 Å². The quantitative estimate of drug-likeness (QED) is 0.669. The molecule has 1 aromatic carbocycles. The molecular formula is C18H18N2O4S2. The summed E-state index contributed by atoms with van der Waals surface area (Å²) in [6.45, 7) is 1.82. The van der Waals surface area contributed by atoms with E-state index >= 15 is 0 Å². The molecule has 0 spiro atoms.